The highest BCUT2D eigenvalue weighted by atomic mass is 16.4. The predicted octanol–water partition coefficient (Wildman–Crippen LogP) is 0.650. The number of hydrogen-bond donors (Lipinski definition) is 1. The van der Waals surface area contributed by atoms with Crippen LogP contribution in [0.15, 0.2) is 0 Å². The lowest BCUT2D eigenvalue weighted by atomic mass is 10.0. The van der Waals surface area contributed by atoms with Gasteiger partial charge in [-0.15, -0.1) is 0 Å². The van der Waals surface area contributed by atoms with Crippen molar-refractivity contribution in [2.45, 2.75) is 32.7 Å². The van der Waals surface area contributed by atoms with Crippen molar-refractivity contribution < 1.29 is 14.7 Å². The summed E-state index contributed by atoms with van der Waals surface area (Å²) in [7, 11) is 0. The summed E-state index contributed by atoms with van der Waals surface area (Å²) in [5.41, 5.74) is 0.137. The van der Waals surface area contributed by atoms with Gasteiger partial charge in [0.15, 0.2) is 0 Å². The van der Waals surface area contributed by atoms with E-state index in [-0.39, 0.29) is 17.4 Å². The molecule has 1 aliphatic heterocycles. The lowest BCUT2D eigenvalue weighted by Gasteiger charge is -2.42. The van der Waals surface area contributed by atoms with E-state index in [0.717, 1.165) is 26.2 Å². The number of hydrogen-bond acceptors (Lipinski definition) is 3. The molecule has 0 aromatic carbocycles. The summed E-state index contributed by atoms with van der Waals surface area (Å²) in [5, 5.41) is 8.84. The molecular formula is C13H22N2O3. The molecule has 0 spiro atoms. The standard InChI is InChI=1S/C13H22N2O3/c1-13(2,3)15-6-4-14(5-7-15)11(16)9-8-10(9)12(17)18/h9-10H,4-8H2,1-3H3,(H,17,18). The zero-order valence-electron chi connectivity index (χ0n) is 11.3. The van der Waals surface area contributed by atoms with Crippen molar-refractivity contribution in [2.24, 2.45) is 11.8 Å². The molecule has 1 N–H and O–H groups in total. The molecule has 2 rings (SSSR count). The molecule has 18 heavy (non-hydrogen) atoms. The van der Waals surface area contributed by atoms with Crippen LogP contribution in [0.1, 0.15) is 27.2 Å². The fourth-order valence-corrected chi connectivity index (χ4v) is 2.57. The van der Waals surface area contributed by atoms with Crippen LogP contribution in [0.25, 0.3) is 0 Å². The number of carboxylic acids is 1. The maximum Gasteiger partial charge on any atom is 0.307 e. The highest BCUT2D eigenvalue weighted by Crippen LogP contribution is 2.40. The number of aliphatic carboxylic acids is 1. The molecule has 102 valence electrons. The average Bonchev–Trinajstić information content (AvgIpc) is 3.07. The summed E-state index contributed by atoms with van der Waals surface area (Å²) in [6, 6.07) is 0. The highest BCUT2D eigenvalue weighted by molar-refractivity contribution is 5.89. The molecule has 0 radical (unpaired) electrons. The van der Waals surface area contributed by atoms with Crippen molar-refractivity contribution in [2.75, 3.05) is 26.2 Å². The van der Waals surface area contributed by atoms with E-state index >= 15 is 0 Å². The number of nitrogens with zero attached hydrogens (tertiary/aromatic N) is 2. The Morgan fingerprint density at radius 2 is 1.61 bits per heavy atom. The molecule has 2 aliphatic rings. The summed E-state index contributed by atoms with van der Waals surface area (Å²) < 4.78 is 0. The molecule has 0 aromatic heterocycles. The van der Waals surface area contributed by atoms with Gasteiger partial charge in [-0.3, -0.25) is 14.5 Å². The Balaban J connectivity index is 1.84. The fraction of sp³-hybridized carbons (Fsp3) is 0.846. The van der Waals surface area contributed by atoms with E-state index in [9.17, 15) is 9.59 Å². The van der Waals surface area contributed by atoms with Crippen LogP contribution < -0.4 is 0 Å². The zero-order valence-corrected chi connectivity index (χ0v) is 11.3. The van der Waals surface area contributed by atoms with E-state index in [0.29, 0.717) is 6.42 Å². The normalized spacial score (nSPS) is 29.2. The van der Waals surface area contributed by atoms with E-state index < -0.39 is 11.9 Å². The third-order valence-electron chi connectivity index (χ3n) is 3.96. The van der Waals surface area contributed by atoms with Crippen molar-refractivity contribution >= 4 is 11.9 Å². The molecule has 0 bridgehead atoms. The molecule has 1 heterocycles. The first-order valence-electron chi connectivity index (χ1n) is 6.57. The maximum atomic E-state index is 12.1. The second-order valence-electron chi connectivity index (χ2n) is 6.27. The monoisotopic (exact) mass is 254 g/mol. The van der Waals surface area contributed by atoms with E-state index in [1.54, 1.807) is 0 Å². The van der Waals surface area contributed by atoms with Crippen LogP contribution in [0, 0.1) is 11.8 Å². The van der Waals surface area contributed by atoms with E-state index in [4.69, 9.17) is 5.11 Å². The number of carboxylic acid groups (broad SMARTS) is 1. The number of carbonyl (C=O) groups excluding carboxylic acids is 1. The molecule has 2 atom stereocenters. The Kier molecular flexibility index (Phi) is 3.36. The summed E-state index contributed by atoms with van der Waals surface area (Å²) in [6.45, 7) is 9.71. The predicted molar refractivity (Wildman–Crippen MR) is 67.1 cm³/mol. The fourth-order valence-electron chi connectivity index (χ4n) is 2.57. The second kappa shape index (κ2) is 4.53. The molecule has 0 aromatic rings. The Morgan fingerprint density at radius 3 is 2.00 bits per heavy atom. The van der Waals surface area contributed by atoms with Crippen LogP contribution in [-0.4, -0.2) is 58.5 Å². The van der Waals surface area contributed by atoms with Crippen LogP contribution in [0.3, 0.4) is 0 Å². The third kappa shape index (κ3) is 2.66. The van der Waals surface area contributed by atoms with Gasteiger partial charge in [-0.1, -0.05) is 0 Å². The molecule has 1 aliphatic carbocycles. The van der Waals surface area contributed by atoms with Crippen molar-refractivity contribution in [3.8, 4) is 0 Å². The first-order valence-corrected chi connectivity index (χ1v) is 6.57. The van der Waals surface area contributed by atoms with Gasteiger partial charge in [-0.2, -0.15) is 0 Å². The van der Waals surface area contributed by atoms with Gasteiger partial charge in [0.25, 0.3) is 0 Å². The molecule has 5 heteroatoms. The SMILES string of the molecule is CC(C)(C)N1CCN(C(=O)C2CC2C(=O)O)CC1. The first-order chi connectivity index (χ1) is 8.30. The maximum absolute atomic E-state index is 12.1. The Hall–Kier alpha value is -1.10. The molecule has 2 unspecified atom stereocenters. The average molecular weight is 254 g/mol. The quantitative estimate of drug-likeness (QED) is 0.786. The minimum Gasteiger partial charge on any atom is -0.481 e. The van der Waals surface area contributed by atoms with Crippen LogP contribution >= 0.6 is 0 Å². The van der Waals surface area contributed by atoms with Crippen molar-refractivity contribution in [1.82, 2.24) is 9.80 Å². The lowest BCUT2D eigenvalue weighted by molar-refractivity contribution is -0.142. The van der Waals surface area contributed by atoms with Gasteiger partial charge >= 0.3 is 5.97 Å². The summed E-state index contributed by atoms with van der Waals surface area (Å²) in [6.07, 6.45) is 0.521. The summed E-state index contributed by atoms with van der Waals surface area (Å²) in [5.74, 6) is -1.49. The minimum atomic E-state index is -0.832. The molecule has 1 saturated carbocycles. The summed E-state index contributed by atoms with van der Waals surface area (Å²) in [4.78, 5) is 27.0. The number of amides is 1. The largest absolute Gasteiger partial charge is 0.481 e. The van der Waals surface area contributed by atoms with Gasteiger partial charge in [0.05, 0.1) is 11.8 Å². The van der Waals surface area contributed by atoms with Crippen LogP contribution in [0.5, 0.6) is 0 Å². The van der Waals surface area contributed by atoms with Crippen molar-refractivity contribution in [3.63, 3.8) is 0 Å². The smallest absolute Gasteiger partial charge is 0.307 e. The minimum absolute atomic E-state index is 0.0379. The molecular weight excluding hydrogens is 232 g/mol. The highest BCUT2D eigenvalue weighted by Gasteiger charge is 2.50. The Morgan fingerprint density at radius 1 is 1.06 bits per heavy atom. The third-order valence-corrected chi connectivity index (χ3v) is 3.96. The Labute approximate surface area is 108 Å². The van der Waals surface area contributed by atoms with Crippen LogP contribution in [-0.2, 0) is 9.59 Å². The number of rotatable bonds is 2. The van der Waals surface area contributed by atoms with Gasteiger partial charge in [0, 0.05) is 31.7 Å². The van der Waals surface area contributed by atoms with Crippen molar-refractivity contribution in [3.05, 3.63) is 0 Å². The van der Waals surface area contributed by atoms with Crippen LogP contribution in [0.4, 0.5) is 0 Å². The van der Waals surface area contributed by atoms with Crippen molar-refractivity contribution in [1.29, 1.82) is 0 Å². The number of piperazine rings is 1. The topological polar surface area (TPSA) is 60.9 Å². The molecule has 2 fully saturated rings. The molecule has 5 nitrogen and oxygen atoms in total. The van der Waals surface area contributed by atoms with Gasteiger partial charge in [0.2, 0.25) is 5.91 Å². The van der Waals surface area contributed by atoms with Gasteiger partial charge in [-0.25, -0.2) is 0 Å². The van der Waals surface area contributed by atoms with Gasteiger partial charge in [-0.05, 0) is 27.2 Å². The van der Waals surface area contributed by atoms with E-state index in [1.165, 1.54) is 0 Å². The first kappa shape index (κ1) is 13.3. The summed E-state index contributed by atoms with van der Waals surface area (Å²) >= 11 is 0. The van der Waals surface area contributed by atoms with E-state index in [1.807, 2.05) is 4.90 Å². The van der Waals surface area contributed by atoms with Gasteiger partial charge in [0.1, 0.15) is 0 Å². The lowest BCUT2D eigenvalue weighted by Crippen LogP contribution is -2.55. The second-order valence-corrected chi connectivity index (χ2v) is 6.27. The number of carbonyl (C=O) groups is 2. The Bertz CT molecular complexity index is 354. The van der Waals surface area contributed by atoms with Crippen LogP contribution in [0.2, 0.25) is 0 Å². The van der Waals surface area contributed by atoms with Gasteiger partial charge < -0.3 is 10.0 Å². The molecule has 1 amide bonds. The van der Waals surface area contributed by atoms with E-state index in [2.05, 4.69) is 25.7 Å². The molecule has 1 saturated heterocycles. The zero-order chi connectivity index (χ0) is 13.5.